The van der Waals surface area contributed by atoms with Crippen molar-refractivity contribution < 1.29 is 19.4 Å². The maximum atomic E-state index is 13.4. The first kappa shape index (κ1) is 21.2. The zero-order chi connectivity index (χ0) is 21.0. The molecule has 0 saturated heterocycles. The van der Waals surface area contributed by atoms with E-state index in [-0.39, 0.29) is 36.9 Å². The fraction of sp³-hybridized carbons (Fsp3) is 0.421. The maximum Gasteiger partial charge on any atom is 0.318 e. The standard InChI is InChI=1S/C19H23ClFN5O3/c1-11(9-27)23-18-22-7-13-4-5-26(8-16(13)24-18)19(29)25-17(10-28)12-2-3-15(21)14(20)6-12/h2-3,6-7,11,17,27-28H,4-5,8-10H2,1H3,(H,25,29)(H,22,23,24)/t11-,17+/m0/s1. The molecule has 3 rings (SSSR count). The highest BCUT2D eigenvalue weighted by Gasteiger charge is 2.25. The number of carbonyl (C=O) groups excluding carboxylic acids is 1. The highest BCUT2D eigenvalue weighted by atomic mass is 35.5. The van der Waals surface area contributed by atoms with Crippen molar-refractivity contribution in [2.75, 3.05) is 25.1 Å². The number of urea groups is 1. The number of nitrogens with zero attached hydrogens (tertiary/aromatic N) is 3. The SMILES string of the molecule is C[C@@H](CO)Nc1ncc2c(n1)CN(C(=O)N[C@H](CO)c1ccc(F)c(Cl)c1)CC2. The van der Waals surface area contributed by atoms with Gasteiger partial charge in [-0.15, -0.1) is 0 Å². The Morgan fingerprint density at radius 1 is 1.38 bits per heavy atom. The first-order chi connectivity index (χ1) is 13.9. The third-order valence-electron chi connectivity index (χ3n) is 4.71. The molecule has 10 heteroatoms. The third-order valence-corrected chi connectivity index (χ3v) is 5.00. The molecule has 0 fully saturated rings. The van der Waals surface area contributed by atoms with Crippen LogP contribution in [-0.4, -0.2) is 56.9 Å². The van der Waals surface area contributed by atoms with E-state index in [0.29, 0.717) is 24.5 Å². The van der Waals surface area contributed by atoms with Gasteiger partial charge in [-0.3, -0.25) is 0 Å². The average Bonchev–Trinajstić information content (AvgIpc) is 2.73. The number of carbonyl (C=O) groups is 1. The molecule has 2 amide bonds. The van der Waals surface area contributed by atoms with Crippen LogP contribution in [0.25, 0.3) is 0 Å². The lowest BCUT2D eigenvalue weighted by molar-refractivity contribution is 0.176. The lowest BCUT2D eigenvalue weighted by atomic mass is 10.1. The number of hydrogen-bond donors (Lipinski definition) is 4. The van der Waals surface area contributed by atoms with Gasteiger partial charge in [0.25, 0.3) is 0 Å². The normalized spacial score (nSPS) is 15.4. The summed E-state index contributed by atoms with van der Waals surface area (Å²) >= 11 is 5.80. The van der Waals surface area contributed by atoms with Crippen LogP contribution in [0.5, 0.6) is 0 Å². The molecule has 1 aromatic heterocycles. The first-order valence-corrected chi connectivity index (χ1v) is 9.62. The van der Waals surface area contributed by atoms with E-state index in [0.717, 1.165) is 11.3 Å². The molecule has 0 spiro atoms. The average molecular weight is 424 g/mol. The fourth-order valence-corrected chi connectivity index (χ4v) is 3.20. The van der Waals surface area contributed by atoms with Crippen LogP contribution in [0.3, 0.4) is 0 Å². The Morgan fingerprint density at radius 2 is 2.17 bits per heavy atom. The van der Waals surface area contributed by atoms with Gasteiger partial charge >= 0.3 is 6.03 Å². The topological polar surface area (TPSA) is 111 Å². The minimum Gasteiger partial charge on any atom is -0.394 e. The van der Waals surface area contributed by atoms with Gasteiger partial charge in [-0.05, 0) is 36.6 Å². The molecule has 0 aliphatic carbocycles. The quantitative estimate of drug-likeness (QED) is 0.564. The molecule has 2 aromatic rings. The molecule has 0 bridgehead atoms. The van der Waals surface area contributed by atoms with Gasteiger partial charge in [0, 0.05) is 18.8 Å². The van der Waals surface area contributed by atoms with Crippen molar-refractivity contribution in [1.82, 2.24) is 20.2 Å². The molecular formula is C19H23ClFN5O3. The molecular weight excluding hydrogens is 401 g/mol. The summed E-state index contributed by atoms with van der Waals surface area (Å²) in [5.41, 5.74) is 2.19. The van der Waals surface area contributed by atoms with Crippen LogP contribution in [0.2, 0.25) is 5.02 Å². The lowest BCUT2D eigenvalue weighted by Gasteiger charge is -2.30. The van der Waals surface area contributed by atoms with E-state index in [4.69, 9.17) is 16.7 Å². The number of hydrogen-bond acceptors (Lipinski definition) is 6. The van der Waals surface area contributed by atoms with E-state index in [1.807, 2.05) is 0 Å². The molecule has 4 N–H and O–H groups in total. The van der Waals surface area contributed by atoms with Gasteiger partial charge in [0.15, 0.2) is 0 Å². The second-order valence-corrected chi connectivity index (χ2v) is 7.33. The van der Waals surface area contributed by atoms with Crippen LogP contribution in [0, 0.1) is 5.82 Å². The molecule has 29 heavy (non-hydrogen) atoms. The number of rotatable bonds is 6. The maximum absolute atomic E-state index is 13.4. The van der Waals surface area contributed by atoms with Gasteiger partial charge in [0.1, 0.15) is 5.82 Å². The van der Waals surface area contributed by atoms with Gasteiger partial charge in [-0.2, -0.15) is 0 Å². The van der Waals surface area contributed by atoms with Crippen LogP contribution in [0.1, 0.15) is 29.8 Å². The van der Waals surface area contributed by atoms with Gasteiger partial charge in [0.2, 0.25) is 5.95 Å². The number of halogens is 2. The lowest BCUT2D eigenvalue weighted by Crippen LogP contribution is -2.45. The smallest absolute Gasteiger partial charge is 0.318 e. The van der Waals surface area contributed by atoms with Crippen molar-refractivity contribution in [2.45, 2.75) is 32.0 Å². The van der Waals surface area contributed by atoms with Gasteiger partial charge in [-0.1, -0.05) is 17.7 Å². The number of nitrogens with one attached hydrogen (secondary N) is 2. The van der Waals surface area contributed by atoms with Gasteiger partial charge in [0.05, 0.1) is 36.5 Å². The Labute approximate surface area is 172 Å². The molecule has 8 nitrogen and oxygen atoms in total. The summed E-state index contributed by atoms with van der Waals surface area (Å²) in [5.74, 6) is -0.174. The largest absolute Gasteiger partial charge is 0.394 e. The van der Waals surface area contributed by atoms with Crippen molar-refractivity contribution in [3.05, 3.63) is 52.1 Å². The minimum atomic E-state index is -0.713. The molecule has 2 heterocycles. The van der Waals surface area contributed by atoms with Crippen molar-refractivity contribution in [3.63, 3.8) is 0 Å². The molecule has 0 saturated carbocycles. The highest BCUT2D eigenvalue weighted by Crippen LogP contribution is 2.22. The van der Waals surface area contributed by atoms with Gasteiger partial charge < -0.3 is 25.7 Å². The Morgan fingerprint density at radius 3 is 2.86 bits per heavy atom. The summed E-state index contributed by atoms with van der Waals surface area (Å²) in [6, 6.07) is 2.78. The number of aliphatic hydroxyl groups excluding tert-OH is 2. The summed E-state index contributed by atoms with van der Waals surface area (Å²) in [6.07, 6.45) is 2.33. The van der Waals surface area contributed by atoms with Crippen molar-refractivity contribution in [1.29, 1.82) is 0 Å². The van der Waals surface area contributed by atoms with Gasteiger partial charge in [-0.25, -0.2) is 19.2 Å². The summed E-state index contributed by atoms with van der Waals surface area (Å²) in [6.45, 7) is 2.16. The monoisotopic (exact) mass is 423 g/mol. The number of benzene rings is 1. The summed E-state index contributed by atoms with van der Waals surface area (Å²) < 4.78 is 13.4. The van der Waals surface area contributed by atoms with Crippen LogP contribution in [0.4, 0.5) is 15.1 Å². The van der Waals surface area contributed by atoms with E-state index in [1.165, 1.54) is 18.2 Å². The van der Waals surface area contributed by atoms with E-state index < -0.39 is 11.9 Å². The van der Waals surface area contributed by atoms with E-state index in [9.17, 15) is 14.3 Å². The third kappa shape index (κ3) is 5.11. The first-order valence-electron chi connectivity index (χ1n) is 9.24. The zero-order valence-corrected chi connectivity index (χ0v) is 16.7. The minimum absolute atomic E-state index is 0.0507. The molecule has 1 aliphatic rings. The van der Waals surface area contributed by atoms with Crippen LogP contribution >= 0.6 is 11.6 Å². The summed E-state index contributed by atoms with van der Waals surface area (Å²) in [7, 11) is 0. The summed E-state index contributed by atoms with van der Waals surface area (Å²) in [4.78, 5) is 23.0. The number of aromatic nitrogens is 2. The second kappa shape index (κ2) is 9.34. The zero-order valence-electron chi connectivity index (χ0n) is 15.9. The Kier molecular flexibility index (Phi) is 6.83. The molecule has 1 aliphatic heterocycles. The van der Waals surface area contributed by atoms with Crippen LogP contribution in [0.15, 0.2) is 24.4 Å². The predicted molar refractivity (Wildman–Crippen MR) is 106 cm³/mol. The van der Waals surface area contributed by atoms with Crippen LogP contribution in [-0.2, 0) is 13.0 Å². The van der Waals surface area contributed by atoms with Crippen molar-refractivity contribution in [3.8, 4) is 0 Å². The van der Waals surface area contributed by atoms with Crippen LogP contribution < -0.4 is 10.6 Å². The fourth-order valence-electron chi connectivity index (χ4n) is 3.02. The predicted octanol–water partition coefficient (Wildman–Crippen LogP) is 1.86. The molecule has 0 unspecified atom stereocenters. The Bertz CT molecular complexity index is 885. The number of aliphatic hydroxyl groups is 2. The number of amides is 2. The van der Waals surface area contributed by atoms with E-state index in [2.05, 4.69) is 20.6 Å². The van der Waals surface area contributed by atoms with Crippen molar-refractivity contribution in [2.24, 2.45) is 0 Å². The van der Waals surface area contributed by atoms with Crippen molar-refractivity contribution >= 4 is 23.6 Å². The molecule has 1 aromatic carbocycles. The van der Waals surface area contributed by atoms with E-state index >= 15 is 0 Å². The Balaban J connectivity index is 1.69. The number of anilines is 1. The Hall–Kier alpha value is -2.49. The highest BCUT2D eigenvalue weighted by molar-refractivity contribution is 6.30. The molecule has 156 valence electrons. The molecule has 2 atom stereocenters. The number of fused-ring (bicyclic) bond motifs is 1. The van der Waals surface area contributed by atoms with E-state index in [1.54, 1.807) is 18.0 Å². The second-order valence-electron chi connectivity index (χ2n) is 6.92. The molecule has 0 radical (unpaired) electrons. The summed E-state index contributed by atoms with van der Waals surface area (Å²) in [5, 5.41) is 24.5.